The van der Waals surface area contributed by atoms with Crippen LogP contribution in [0.25, 0.3) is 28.2 Å². The highest BCUT2D eigenvalue weighted by Crippen LogP contribution is 2.24. The minimum atomic E-state index is 0.687. The number of hydrogen-bond donors (Lipinski definition) is 0. The number of aromatic nitrogens is 4. The van der Waals surface area contributed by atoms with E-state index in [2.05, 4.69) is 33.3 Å². The Bertz CT molecular complexity index is 882. The summed E-state index contributed by atoms with van der Waals surface area (Å²) in [7, 11) is 0. The van der Waals surface area contributed by atoms with E-state index in [4.69, 9.17) is 0 Å². The molecule has 0 fully saturated rings. The molecule has 21 heavy (non-hydrogen) atoms. The van der Waals surface area contributed by atoms with Crippen molar-refractivity contribution in [2.45, 2.75) is 0 Å². The van der Waals surface area contributed by atoms with E-state index in [0.29, 0.717) is 5.82 Å². The average molecular weight is 272 g/mol. The Kier molecular flexibility index (Phi) is 2.71. The summed E-state index contributed by atoms with van der Waals surface area (Å²) in [6.07, 6.45) is 5.43. The largest absolute Gasteiger partial charge is 0.264 e. The van der Waals surface area contributed by atoms with E-state index >= 15 is 0 Å². The Labute approximate surface area is 121 Å². The predicted octanol–water partition coefficient (Wildman–Crippen LogP) is 3.46. The fourth-order valence-electron chi connectivity index (χ4n) is 2.37. The van der Waals surface area contributed by atoms with E-state index < -0.39 is 0 Å². The third kappa shape index (κ3) is 2.07. The zero-order chi connectivity index (χ0) is 14.1. The van der Waals surface area contributed by atoms with E-state index in [1.807, 2.05) is 47.1 Å². The zero-order valence-electron chi connectivity index (χ0n) is 11.2. The first-order chi connectivity index (χ1) is 10.4. The number of rotatable bonds is 2. The summed E-state index contributed by atoms with van der Waals surface area (Å²) in [6.45, 7) is 0. The Morgan fingerprint density at radius 3 is 2.48 bits per heavy atom. The van der Waals surface area contributed by atoms with Crippen LogP contribution in [0.3, 0.4) is 0 Å². The van der Waals surface area contributed by atoms with Crippen LogP contribution >= 0.6 is 0 Å². The average Bonchev–Trinajstić information content (AvgIpc) is 3.00. The number of nitrogens with zero attached hydrogens (tertiary/aromatic N) is 4. The molecule has 0 aliphatic carbocycles. The van der Waals surface area contributed by atoms with Crippen molar-refractivity contribution in [1.82, 2.24) is 19.6 Å². The summed E-state index contributed by atoms with van der Waals surface area (Å²) in [6, 6.07) is 18.1. The maximum Gasteiger partial charge on any atom is 0.183 e. The van der Waals surface area contributed by atoms with Gasteiger partial charge in [-0.05, 0) is 29.8 Å². The molecule has 4 aromatic rings. The van der Waals surface area contributed by atoms with Gasteiger partial charge in [0.2, 0.25) is 0 Å². The minimum Gasteiger partial charge on any atom is -0.264 e. The van der Waals surface area contributed by atoms with Crippen LogP contribution in [0.5, 0.6) is 0 Å². The van der Waals surface area contributed by atoms with Crippen molar-refractivity contribution in [3.63, 3.8) is 0 Å². The van der Waals surface area contributed by atoms with Gasteiger partial charge in [-0.25, -0.2) is 9.50 Å². The van der Waals surface area contributed by atoms with Crippen molar-refractivity contribution in [2.24, 2.45) is 0 Å². The van der Waals surface area contributed by atoms with Crippen LogP contribution in [0.15, 0.2) is 73.2 Å². The highest BCUT2D eigenvalue weighted by Gasteiger charge is 2.10. The van der Waals surface area contributed by atoms with Gasteiger partial charge in [0.05, 0.1) is 0 Å². The molecule has 0 amide bonds. The lowest BCUT2D eigenvalue weighted by atomic mass is 10.1. The summed E-state index contributed by atoms with van der Waals surface area (Å²) in [5, 5.41) is 4.53. The van der Waals surface area contributed by atoms with Crippen LogP contribution in [0.1, 0.15) is 0 Å². The first-order valence-corrected chi connectivity index (χ1v) is 6.73. The van der Waals surface area contributed by atoms with Crippen molar-refractivity contribution in [1.29, 1.82) is 0 Å². The summed E-state index contributed by atoms with van der Waals surface area (Å²) in [5.74, 6) is 0.687. The first-order valence-electron chi connectivity index (χ1n) is 6.73. The van der Waals surface area contributed by atoms with E-state index in [1.54, 1.807) is 12.4 Å². The van der Waals surface area contributed by atoms with Crippen molar-refractivity contribution in [2.75, 3.05) is 0 Å². The van der Waals surface area contributed by atoms with E-state index in [1.165, 1.54) is 0 Å². The number of pyridine rings is 2. The van der Waals surface area contributed by atoms with Crippen LogP contribution < -0.4 is 0 Å². The van der Waals surface area contributed by atoms with Crippen LogP contribution in [0, 0.1) is 0 Å². The Morgan fingerprint density at radius 1 is 0.810 bits per heavy atom. The molecule has 0 bridgehead atoms. The summed E-state index contributed by atoms with van der Waals surface area (Å²) >= 11 is 0. The SMILES string of the molecule is c1ccc(-c2cccn3nc(-c4cccnc4)nc23)cc1. The number of fused-ring (bicyclic) bond motifs is 1. The number of hydrogen-bond acceptors (Lipinski definition) is 3. The van der Waals surface area contributed by atoms with Crippen LogP contribution in [0.4, 0.5) is 0 Å². The molecule has 3 heterocycles. The molecule has 4 rings (SSSR count). The van der Waals surface area contributed by atoms with Crippen LogP contribution in [-0.2, 0) is 0 Å². The zero-order valence-corrected chi connectivity index (χ0v) is 11.2. The van der Waals surface area contributed by atoms with Crippen LogP contribution in [0.2, 0.25) is 0 Å². The summed E-state index contributed by atoms with van der Waals surface area (Å²) in [5.41, 5.74) is 3.97. The first kappa shape index (κ1) is 11.8. The molecule has 0 unspecified atom stereocenters. The molecule has 0 N–H and O–H groups in total. The van der Waals surface area contributed by atoms with E-state index in [0.717, 1.165) is 22.3 Å². The molecular weight excluding hydrogens is 260 g/mol. The Morgan fingerprint density at radius 2 is 1.67 bits per heavy atom. The molecule has 0 atom stereocenters. The van der Waals surface area contributed by atoms with Crippen molar-refractivity contribution >= 4 is 5.65 Å². The third-order valence-electron chi connectivity index (χ3n) is 3.37. The summed E-state index contributed by atoms with van der Waals surface area (Å²) < 4.78 is 1.81. The van der Waals surface area contributed by atoms with Crippen molar-refractivity contribution in [3.05, 3.63) is 73.2 Å². The molecule has 0 saturated heterocycles. The molecular formula is C17H12N4. The topological polar surface area (TPSA) is 43.1 Å². The molecule has 0 saturated carbocycles. The van der Waals surface area contributed by atoms with Crippen molar-refractivity contribution in [3.8, 4) is 22.5 Å². The fourth-order valence-corrected chi connectivity index (χ4v) is 2.37. The fraction of sp³-hybridized carbons (Fsp3) is 0. The summed E-state index contributed by atoms with van der Waals surface area (Å²) in [4.78, 5) is 8.79. The van der Waals surface area contributed by atoms with Gasteiger partial charge < -0.3 is 0 Å². The molecule has 100 valence electrons. The van der Waals surface area contributed by atoms with E-state index in [9.17, 15) is 0 Å². The van der Waals surface area contributed by atoms with Gasteiger partial charge >= 0.3 is 0 Å². The molecule has 0 spiro atoms. The molecule has 1 aromatic carbocycles. The third-order valence-corrected chi connectivity index (χ3v) is 3.37. The van der Waals surface area contributed by atoms with Gasteiger partial charge in [0.1, 0.15) is 0 Å². The highest BCUT2D eigenvalue weighted by atomic mass is 15.3. The maximum absolute atomic E-state index is 4.67. The number of benzene rings is 1. The van der Waals surface area contributed by atoms with Gasteiger partial charge in [0, 0.05) is 29.7 Å². The minimum absolute atomic E-state index is 0.687. The van der Waals surface area contributed by atoms with Crippen molar-refractivity contribution < 1.29 is 0 Å². The van der Waals surface area contributed by atoms with Crippen LogP contribution in [-0.4, -0.2) is 19.6 Å². The standard InChI is InChI=1S/C17H12N4/c1-2-6-13(7-3-1)15-9-5-11-21-17(15)19-16(20-21)14-8-4-10-18-12-14/h1-12H. The Balaban J connectivity index is 1.93. The highest BCUT2D eigenvalue weighted by molar-refractivity contribution is 5.78. The van der Waals surface area contributed by atoms with Gasteiger partial charge in [-0.15, -0.1) is 5.10 Å². The Hall–Kier alpha value is -3.01. The molecule has 4 nitrogen and oxygen atoms in total. The van der Waals surface area contributed by atoms with E-state index in [-0.39, 0.29) is 0 Å². The predicted molar refractivity (Wildman–Crippen MR) is 81.7 cm³/mol. The second-order valence-electron chi connectivity index (χ2n) is 4.73. The molecule has 4 heteroatoms. The quantitative estimate of drug-likeness (QED) is 0.561. The lowest BCUT2D eigenvalue weighted by molar-refractivity contribution is 0.966. The maximum atomic E-state index is 4.67. The van der Waals surface area contributed by atoms with Gasteiger partial charge in [-0.2, -0.15) is 0 Å². The van der Waals surface area contributed by atoms with Gasteiger partial charge in [-0.3, -0.25) is 4.98 Å². The van der Waals surface area contributed by atoms with Gasteiger partial charge in [0.25, 0.3) is 0 Å². The second kappa shape index (κ2) is 4.83. The van der Waals surface area contributed by atoms with Gasteiger partial charge in [-0.1, -0.05) is 30.3 Å². The second-order valence-corrected chi connectivity index (χ2v) is 4.73. The lowest BCUT2D eigenvalue weighted by Gasteiger charge is -2.01. The lowest BCUT2D eigenvalue weighted by Crippen LogP contribution is -1.89. The van der Waals surface area contributed by atoms with Gasteiger partial charge in [0.15, 0.2) is 11.5 Å². The smallest absolute Gasteiger partial charge is 0.183 e. The molecule has 0 radical (unpaired) electrons. The molecule has 0 aliphatic rings. The molecule has 3 aromatic heterocycles. The monoisotopic (exact) mass is 272 g/mol. The normalized spacial score (nSPS) is 10.9. The molecule has 0 aliphatic heterocycles.